The minimum Gasteiger partial charge on any atom is -0.376 e. The molecule has 1 saturated heterocycles. The number of hydrogen-bond acceptors (Lipinski definition) is 3. The first kappa shape index (κ1) is 18.7. The van der Waals surface area contributed by atoms with Crippen LogP contribution in [0.3, 0.4) is 0 Å². The molecule has 1 N–H and O–H groups in total. The largest absolute Gasteiger partial charge is 0.376 e. The van der Waals surface area contributed by atoms with Gasteiger partial charge in [-0.15, -0.1) is 0 Å². The van der Waals surface area contributed by atoms with Crippen LogP contribution in [0.25, 0.3) is 10.9 Å². The van der Waals surface area contributed by atoms with Crippen molar-refractivity contribution in [2.75, 3.05) is 13.2 Å². The summed E-state index contributed by atoms with van der Waals surface area (Å²) in [5.74, 6) is -0.162. The molecule has 1 aliphatic heterocycles. The van der Waals surface area contributed by atoms with Gasteiger partial charge >= 0.3 is 0 Å². The number of hydrogen-bond donors (Lipinski definition) is 1. The summed E-state index contributed by atoms with van der Waals surface area (Å²) in [5, 5.41) is 1.44. The average molecular weight is 397 g/mol. The van der Waals surface area contributed by atoms with Gasteiger partial charge in [0, 0.05) is 34.8 Å². The summed E-state index contributed by atoms with van der Waals surface area (Å²) in [7, 11) is 0. The Labute approximate surface area is 167 Å². The minimum atomic E-state index is -0.185. The number of para-hydroxylation sites is 1. The molecule has 1 atom stereocenters. The first-order valence-corrected chi connectivity index (χ1v) is 9.75. The number of amides is 1. The van der Waals surface area contributed by atoms with Crippen molar-refractivity contribution in [1.82, 2.24) is 9.88 Å². The monoisotopic (exact) mass is 396 g/mol. The number of aromatic amines is 1. The Morgan fingerprint density at radius 3 is 2.82 bits per heavy atom. The standard InChI is InChI=1S/C22H21ClN2O3/c23-18-7-3-6-16(12-18)22(27)25(14-19-8-4-10-28-19)13-17-11-15-5-1-2-9-20(15)24-21(17)26/h1-3,5-7,9,11-12,19H,4,8,10,13-14H2,(H,24,26). The second-order valence-electron chi connectivity index (χ2n) is 7.04. The molecule has 0 aliphatic carbocycles. The van der Waals surface area contributed by atoms with E-state index in [2.05, 4.69) is 4.98 Å². The summed E-state index contributed by atoms with van der Waals surface area (Å²) in [4.78, 5) is 30.3. The van der Waals surface area contributed by atoms with Crippen LogP contribution in [0.1, 0.15) is 28.8 Å². The molecular weight excluding hydrogens is 376 g/mol. The van der Waals surface area contributed by atoms with Crippen molar-refractivity contribution in [2.45, 2.75) is 25.5 Å². The summed E-state index contributed by atoms with van der Waals surface area (Å²) in [6.45, 7) is 1.36. The van der Waals surface area contributed by atoms with E-state index in [1.807, 2.05) is 30.3 Å². The Morgan fingerprint density at radius 2 is 2.04 bits per heavy atom. The van der Waals surface area contributed by atoms with Gasteiger partial charge in [0.05, 0.1) is 12.6 Å². The number of nitrogens with zero attached hydrogens (tertiary/aromatic N) is 1. The smallest absolute Gasteiger partial charge is 0.254 e. The van der Waals surface area contributed by atoms with Crippen LogP contribution in [0.5, 0.6) is 0 Å². The number of rotatable bonds is 5. The van der Waals surface area contributed by atoms with Crippen LogP contribution in [0.4, 0.5) is 0 Å². The SMILES string of the molecule is O=C(c1cccc(Cl)c1)N(Cc1cc2ccccc2[nH]c1=O)CC1CCCO1. The molecule has 1 unspecified atom stereocenters. The number of pyridine rings is 1. The van der Waals surface area contributed by atoms with Crippen molar-refractivity contribution >= 4 is 28.4 Å². The number of carbonyl (C=O) groups excluding carboxylic acids is 1. The van der Waals surface area contributed by atoms with Crippen molar-refractivity contribution in [2.24, 2.45) is 0 Å². The molecule has 4 rings (SSSR count). The van der Waals surface area contributed by atoms with E-state index in [-0.39, 0.29) is 24.1 Å². The zero-order valence-corrected chi connectivity index (χ0v) is 16.1. The fourth-order valence-corrected chi connectivity index (χ4v) is 3.76. The van der Waals surface area contributed by atoms with E-state index in [0.717, 1.165) is 23.7 Å². The Morgan fingerprint density at radius 1 is 1.18 bits per heavy atom. The van der Waals surface area contributed by atoms with Gasteiger partial charge in [-0.25, -0.2) is 0 Å². The van der Waals surface area contributed by atoms with Crippen LogP contribution in [-0.4, -0.2) is 35.0 Å². The summed E-state index contributed by atoms with van der Waals surface area (Å²) in [5.41, 5.74) is 1.65. The summed E-state index contributed by atoms with van der Waals surface area (Å²) >= 11 is 6.06. The van der Waals surface area contributed by atoms with E-state index < -0.39 is 0 Å². The highest BCUT2D eigenvalue weighted by atomic mass is 35.5. The lowest BCUT2D eigenvalue weighted by atomic mass is 10.1. The maximum absolute atomic E-state index is 13.2. The third kappa shape index (κ3) is 4.11. The molecule has 0 spiro atoms. The zero-order valence-electron chi connectivity index (χ0n) is 15.4. The van der Waals surface area contributed by atoms with Gasteiger partial charge in [0.1, 0.15) is 0 Å². The summed E-state index contributed by atoms with van der Waals surface area (Å²) in [6, 6.07) is 16.3. The van der Waals surface area contributed by atoms with E-state index in [4.69, 9.17) is 16.3 Å². The van der Waals surface area contributed by atoms with E-state index in [0.29, 0.717) is 29.3 Å². The predicted octanol–water partition coefficient (Wildman–Crippen LogP) is 4.00. The molecule has 1 aliphatic rings. The van der Waals surface area contributed by atoms with Gasteiger partial charge in [-0.2, -0.15) is 0 Å². The molecule has 2 aromatic carbocycles. The number of carbonyl (C=O) groups is 1. The molecule has 1 fully saturated rings. The Balaban J connectivity index is 1.66. The lowest BCUT2D eigenvalue weighted by Crippen LogP contribution is -2.38. The quantitative estimate of drug-likeness (QED) is 0.709. The number of H-pyrrole nitrogens is 1. The maximum Gasteiger partial charge on any atom is 0.254 e. The van der Waals surface area contributed by atoms with Crippen LogP contribution < -0.4 is 5.56 Å². The van der Waals surface area contributed by atoms with E-state index in [1.54, 1.807) is 29.2 Å². The van der Waals surface area contributed by atoms with Gasteiger partial charge in [-0.05, 0) is 48.6 Å². The van der Waals surface area contributed by atoms with E-state index >= 15 is 0 Å². The first-order chi connectivity index (χ1) is 13.6. The maximum atomic E-state index is 13.2. The second kappa shape index (κ2) is 8.17. The zero-order chi connectivity index (χ0) is 19.5. The van der Waals surface area contributed by atoms with Gasteiger partial charge < -0.3 is 14.6 Å². The summed E-state index contributed by atoms with van der Waals surface area (Å²) in [6.07, 6.45) is 1.89. The highest BCUT2D eigenvalue weighted by Gasteiger charge is 2.24. The normalized spacial score (nSPS) is 16.4. The summed E-state index contributed by atoms with van der Waals surface area (Å²) < 4.78 is 5.73. The van der Waals surface area contributed by atoms with Crippen molar-refractivity contribution in [1.29, 1.82) is 0 Å². The van der Waals surface area contributed by atoms with Gasteiger partial charge in [-0.3, -0.25) is 9.59 Å². The lowest BCUT2D eigenvalue weighted by molar-refractivity contribution is 0.0506. The van der Waals surface area contributed by atoms with Crippen molar-refractivity contribution in [3.63, 3.8) is 0 Å². The molecule has 6 heteroatoms. The molecule has 0 radical (unpaired) electrons. The molecule has 3 aromatic rings. The number of halogens is 1. The molecule has 28 heavy (non-hydrogen) atoms. The molecule has 0 bridgehead atoms. The van der Waals surface area contributed by atoms with E-state index in [1.165, 1.54) is 0 Å². The first-order valence-electron chi connectivity index (χ1n) is 9.37. The van der Waals surface area contributed by atoms with Crippen molar-refractivity contribution in [3.05, 3.63) is 81.1 Å². The topological polar surface area (TPSA) is 62.4 Å². The van der Waals surface area contributed by atoms with E-state index in [9.17, 15) is 9.59 Å². The number of fused-ring (bicyclic) bond motifs is 1. The molecule has 0 saturated carbocycles. The highest BCUT2D eigenvalue weighted by molar-refractivity contribution is 6.30. The fourth-order valence-electron chi connectivity index (χ4n) is 3.57. The van der Waals surface area contributed by atoms with Crippen LogP contribution in [0.2, 0.25) is 5.02 Å². The fraction of sp³-hybridized carbons (Fsp3) is 0.273. The van der Waals surface area contributed by atoms with Gasteiger partial charge in [0.15, 0.2) is 0 Å². The molecule has 144 valence electrons. The van der Waals surface area contributed by atoms with Gasteiger partial charge in [-0.1, -0.05) is 35.9 Å². The van der Waals surface area contributed by atoms with Crippen molar-refractivity contribution < 1.29 is 9.53 Å². The van der Waals surface area contributed by atoms with Crippen molar-refractivity contribution in [3.8, 4) is 0 Å². The van der Waals surface area contributed by atoms with Crippen LogP contribution in [0, 0.1) is 0 Å². The molecular formula is C22H21ClN2O3. The molecule has 2 heterocycles. The van der Waals surface area contributed by atoms with Gasteiger partial charge in [0.2, 0.25) is 0 Å². The Bertz CT molecular complexity index is 1060. The Kier molecular flexibility index (Phi) is 5.46. The number of ether oxygens (including phenoxy) is 1. The third-order valence-electron chi connectivity index (χ3n) is 5.00. The molecule has 1 amide bonds. The van der Waals surface area contributed by atoms with Crippen LogP contribution in [-0.2, 0) is 11.3 Å². The predicted molar refractivity (Wildman–Crippen MR) is 110 cm³/mol. The number of benzene rings is 2. The minimum absolute atomic E-state index is 0.0114. The average Bonchev–Trinajstić information content (AvgIpc) is 3.20. The number of nitrogens with one attached hydrogen (secondary N) is 1. The molecule has 5 nitrogen and oxygen atoms in total. The third-order valence-corrected chi connectivity index (χ3v) is 5.23. The van der Waals surface area contributed by atoms with Gasteiger partial charge in [0.25, 0.3) is 11.5 Å². The Hall–Kier alpha value is -2.63. The molecule has 1 aromatic heterocycles. The highest BCUT2D eigenvalue weighted by Crippen LogP contribution is 2.19. The van der Waals surface area contributed by atoms with Crippen LogP contribution in [0.15, 0.2) is 59.4 Å². The lowest BCUT2D eigenvalue weighted by Gasteiger charge is -2.25. The number of aromatic nitrogens is 1. The second-order valence-corrected chi connectivity index (χ2v) is 7.48. The van der Waals surface area contributed by atoms with Crippen LogP contribution >= 0.6 is 11.6 Å².